The van der Waals surface area contributed by atoms with Crippen LogP contribution in [0.25, 0.3) is 0 Å². The maximum absolute atomic E-state index is 11.7. The molecular formula is C15H20N2OS. The lowest BCUT2D eigenvalue weighted by molar-refractivity contribution is -0.115. The van der Waals surface area contributed by atoms with Crippen LogP contribution in [0.1, 0.15) is 32.8 Å². The Hall–Kier alpha value is -1.47. The molecule has 3 nitrogen and oxygen atoms in total. The molecule has 102 valence electrons. The summed E-state index contributed by atoms with van der Waals surface area (Å²) in [5, 5.41) is 12.1. The second kappa shape index (κ2) is 7.85. The van der Waals surface area contributed by atoms with Crippen LogP contribution in [0.4, 0.5) is 5.69 Å². The van der Waals surface area contributed by atoms with Crippen molar-refractivity contribution < 1.29 is 4.79 Å². The minimum absolute atomic E-state index is 0.0214. The first-order chi connectivity index (χ1) is 9.02. The number of hydrogen-bond donors (Lipinski definition) is 1. The van der Waals surface area contributed by atoms with Gasteiger partial charge in [-0.2, -0.15) is 17.0 Å². The average Bonchev–Trinajstić information content (AvgIpc) is 2.39. The van der Waals surface area contributed by atoms with E-state index in [4.69, 9.17) is 5.26 Å². The van der Waals surface area contributed by atoms with Crippen molar-refractivity contribution in [2.75, 3.05) is 11.1 Å². The highest BCUT2D eigenvalue weighted by atomic mass is 32.2. The molecule has 1 atom stereocenters. The fourth-order valence-electron chi connectivity index (χ4n) is 1.38. The monoisotopic (exact) mass is 276 g/mol. The number of nitriles is 1. The number of benzene rings is 1. The van der Waals surface area contributed by atoms with Gasteiger partial charge < -0.3 is 5.32 Å². The molecule has 1 aromatic rings. The van der Waals surface area contributed by atoms with Crippen LogP contribution in [0.15, 0.2) is 24.3 Å². The molecule has 1 aromatic carbocycles. The Balaban J connectivity index is 2.33. The molecule has 0 aromatic heterocycles. The molecule has 1 rings (SSSR count). The highest BCUT2D eigenvalue weighted by Crippen LogP contribution is 2.19. The van der Waals surface area contributed by atoms with Crippen molar-refractivity contribution >= 4 is 23.4 Å². The highest BCUT2D eigenvalue weighted by molar-refractivity contribution is 7.99. The summed E-state index contributed by atoms with van der Waals surface area (Å²) in [4.78, 5) is 11.7. The van der Waals surface area contributed by atoms with Crippen molar-refractivity contribution in [1.82, 2.24) is 0 Å². The fraction of sp³-hybridized carbons (Fsp3) is 0.467. The Morgan fingerprint density at radius 3 is 2.47 bits per heavy atom. The third kappa shape index (κ3) is 5.80. The van der Waals surface area contributed by atoms with Gasteiger partial charge in [0, 0.05) is 23.1 Å². The Morgan fingerprint density at radius 1 is 1.32 bits per heavy atom. The lowest BCUT2D eigenvalue weighted by Gasteiger charge is -2.14. The van der Waals surface area contributed by atoms with Gasteiger partial charge in [-0.05, 0) is 30.2 Å². The molecule has 1 N–H and O–H groups in total. The number of hydrogen-bond acceptors (Lipinski definition) is 3. The molecule has 1 unspecified atom stereocenters. The second-order valence-electron chi connectivity index (χ2n) is 4.81. The molecule has 0 saturated heterocycles. The average molecular weight is 276 g/mol. The second-order valence-corrected chi connectivity index (χ2v) is 6.29. The molecule has 19 heavy (non-hydrogen) atoms. The van der Waals surface area contributed by atoms with Crippen LogP contribution in [0, 0.1) is 17.2 Å². The number of anilines is 1. The zero-order chi connectivity index (χ0) is 14.3. The number of rotatable bonds is 6. The van der Waals surface area contributed by atoms with Crippen LogP contribution < -0.4 is 5.32 Å². The van der Waals surface area contributed by atoms with Crippen LogP contribution in [-0.4, -0.2) is 16.9 Å². The van der Waals surface area contributed by atoms with Crippen LogP contribution in [0.3, 0.4) is 0 Å². The highest BCUT2D eigenvalue weighted by Gasteiger charge is 2.09. The summed E-state index contributed by atoms with van der Waals surface area (Å²) in [5.41, 5.74) is 1.34. The molecule has 0 aliphatic heterocycles. The molecular weight excluding hydrogens is 256 g/mol. The van der Waals surface area contributed by atoms with Gasteiger partial charge in [0.05, 0.1) is 11.6 Å². The van der Waals surface area contributed by atoms with Gasteiger partial charge in [0.2, 0.25) is 5.91 Å². The zero-order valence-corrected chi connectivity index (χ0v) is 12.5. The van der Waals surface area contributed by atoms with Crippen LogP contribution in [-0.2, 0) is 4.79 Å². The van der Waals surface area contributed by atoms with Crippen LogP contribution >= 0.6 is 11.8 Å². The lowest BCUT2D eigenvalue weighted by Crippen LogP contribution is -2.14. The number of thioether (sulfide) groups is 1. The van der Waals surface area contributed by atoms with E-state index in [-0.39, 0.29) is 5.91 Å². The summed E-state index contributed by atoms with van der Waals surface area (Å²) in [6.07, 6.45) is 0.516. The van der Waals surface area contributed by atoms with Gasteiger partial charge in [0.25, 0.3) is 0 Å². The molecule has 0 radical (unpaired) electrons. The van der Waals surface area contributed by atoms with Gasteiger partial charge in [-0.3, -0.25) is 4.79 Å². The normalized spacial score (nSPS) is 11.9. The Kier molecular flexibility index (Phi) is 6.44. The summed E-state index contributed by atoms with van der Waals surface area (Å²) in [5.74, 6) is 1.49. The minimum atomic E-state index is 0.0214. The van der Waals surface area contributed by atoms with Crippen molar-refractivity contribution in [3.05, 3.63) is 29.8 Å². The fourth-order valence-corrected chi connectivity index (χ4v) is 2.44. The first-order valence-electron chi connectivity index (χ1n) is 6.44. The standard InChI is InChI=1S/C15H20N2OS/c1-11(2)12(3)19-9-8-15(18)17-14-6-4-13(10-16)5-7-14/h4-7,11-12H,8-9H2,1-3H3,(H,17,18). The topological polar surface area (TPSA) is 52.9 Å². The van der Waals surface area contributed by atoms with Gasteiger partial charge in [0.1, 0.15) is 0 Å². The van der Waals surface area contributed by atoms with Gasteiger partial charge in [-0.15, -0.1) is 0 Å². The van der Waals surface area contributed by atoms with E-state index in [1.807, 2.05) is 17.8 Å². The van der Waals surface area contributed by atoms with Gasteiger partial charge >= 0.3 is 0 Å². The summed E-state index contributed by atoms with van der Waals surface area (Å²) in [6, 6.07) is 8.95. The van der Waals surface area contributed by atoms with Crippen molar-refractivity contribution in [2.45, 2.75) is 32.4 Å². The molecule has 0 aliphatic rings. The summed E-state index contributed by atoms with van der Waals surface area (Å²) >= 11 is 1.83. The minimum Gasteiger partial charge on any atom is -0.326 e. The lowest BCUT2D eigenvalue weighted by atomic mass is 10.2. The van der Waals surface area contributed by atoms with E-state index in [0.717, 1.165) is 11.4 Å². The van der Waals surface area contributed by atoms with E-state index in [1.165, 1.54) is 0 Å². The van der Waals surface area contributed by atoms with E-state index in [9.17, 15) is 4.79 Å². The largest absolute Gasteiger partial charge is 0.326 e. The van der Waals surface area contributed by atoms with Gasteiger partial charge in [-0.1, -0.05) is 20.8 Å². The van der Waals surface area contributed by atoms with Crippen LogP contribution in [0.5, 0.6) is 0 Å². The predicted octanol–water partition coefficient (Wildman–Crippen LogP) is 3.66. The number of amides is 1. The maximum atomic E-state index is 11.7. The molecule has 4 heteroatoms. The van der Waals surface area contributed by atoms with Crippen LogP contribution in [0.2, 0.25) is 0 Å². The van der Waals surface area contributed by atoms with Crippen molar-refractivity contribution in [3.8, 4) is 6.07 Å². The molecule has 0 spiro atoms. The Bertz CT molecular complexity index is 448. The zero-order valence-electron chi connectivity index (χ0n) is 11.6. The van der Waals surface area contributed by atoms with Crippen molar-refractivity contribution in [2.24, 2.45) is 5.92 Å². The van der Waals surface area contributed by atoms with Gasteiger partial charge in [-0.25, -0.2) is 0 Å². The molecule has 0 aliphatic carbocycles. The molecule has 1 amide bonds. The molecule has 0 fully saturated rings. The first kappa shape index (κ1) is 15.6. The molecule has 0 heterocycles. The number of nitrogens with zero attached hydrogens (tertiary/aromatic N) is 1. The SMILES string of the molecule is CC(C)C(C)SCCC(=O)Nc1ccc(C#N)cc1. The van der Waals surface area contributed by atoms with E-state index < -0.39 is 0 Å². The van der Waals surface area contributed by atoms with E-state index in [2.05, 4.69) is 26.1 Å². The van der Waals surface area contributed by atoms with E-state index >= 15 is 0 Å². The summed E-state index contributed by atoms with van der Waals surface area (Å²) < 4.78 is 0. The Labute approximate surface area is 119 Å². The number of carbonyl (C=O) groups excluding carboxylic acids is 1. The third-order valence-electron chi connectivity index (χ3n) is 2.95. The molecule has 0 saturated carbocycles. The smallest absolute Gasteiger partial charge is 0.225 e. The number of carbonyl (C=O) groups is 1. The summed E-state index contributed by atoms with van der Waals surface area (Å²) in [7, 11) is 0. The molecule has 0 bridgehead atoms. The quantitative estimate of drug-likeness (QED) is 0.862. The van der Waals surface area contributed by atoms with Crippen molar-refractivity contribution in [1.29, 1.82) is 5.26 Å². The first-order valence-corrected chi connectivity index (χ1v) is 7.49. The number of nitrogens with one attached hydrogen (secondary N) is 1. The van der Waals surface area contributed by atoms with E-state index in [0.29, 0.717) is 23.2 Å². The van der Waals surface area contributed by atoms with E-state index in [1.54, 1.807) is 24.3 Å². The predicted molar refractivity (Wildman–Crippen MR) is 81.2 cm³/mol. The van der Waals surface area contributed by atoms with Gasteiger partial charge in [0.15, 0.2) is 0 Å². The summed E-state index contributed by atoms with van der Waals surface area (Å²) in [6.45, 7) is 6.57. The Morgan fingerprint density at radius 2 is 1.95 bits per heavy atom. The van der Waals surface area contributed by atoms with Crippen molar-refractivity contribution in [3.63, 3.8) is 0 Å². The maximum Gasteiger partial charge on any atom is 0.225 e. The third-order valence-corrected chi connectivity index (χ3v) is 4.46.